The third kappa shape index (κ3) is 3.48. The van der Waals surface area contributed by atoms with Crippen molar-refractivity contribution in [3.63, 3.8) is 0 Å². The van der Waals surface area contributed by atoms with Gasteiger partial charge in [0.25, 0.3) is 11.8 Å². The van der Waals surface area contributed by atoms with E-state index in [4.69, 9.17) is 4.52 Å². The molecule has 2 aromatic heterocycles. The predicted molar refractivity (Wildman–Crippen MR) is 108 cm³/mol. The predicted octanol–water partition coefficient (Wildman–Crippen LogP) is 2.13. The first-order chi connectivity index (χ1) is 15.1. The summed E-state index contributed by atoms with van der Waals surface area (Å²) >= 11 is 0. The molecule has 0 bridgehead atoms. The van der Waals surface area contributed by atoms with Gasteiger partial charge in [-0.1, -0.05) is 17.3 Å². The van der Waals surface area contributed by atoms with E-state index in [0.29, 0.717) is 42.4 Å². The van der Waals surface area contributed by atoms with E-state index in [1.165, 1.54) is 4.90 Å². The molecule has 1 saturated heterocycles. The van der Waals surface area contributed by atoms with Gasteiger partial charge in [0.1, 0.15) is 0 Å². The van der Waals surface area contributed by atoms with E-state index in [1.54, 1.807) is 47.6 Å². The Labute approximate surface area is 177 Å². The summed E-state index contributed by atoms with van der Waals surface area (Å²) in [5.41, 5.74) is 1.63. The Kier molecular flexibility index (Phi) is 4.78. The third-order valence-electron chi connectivity index (χ3n) is 5.60. The van der Waals surface area contributed by atoms with Gasteiger partial charge in [-0.25, -0.2) is 0 Å². The standard InChI is InChI=1S/C22H19N5O4/c28-18(8-4-10-27-21(29)16-6-1-2-7-17(16)22(27)30)26-12-15(13-26)20-24-19(25-31-20)14-5-3-9-23-11-14/h1-3,5-7,9,11,15H,4,8,10,12-13H2. The van der Waals surface area contributed by atoms with Crippen LogP contribution >= 0.6 is 0 Å². The largest absolute Gasteiger partial charge is 0.341 e. The number of aromatic nitrogens is 3. The molecule has 9 nitrogen and oxygen atoms in total. The summed E-state index contributed by atoms with van der Waals surface area (Å²) in [5, 5.41) is 3.99. The number of likely N-dealkylation sites (tertiary alicyclic amines) is 1. The number of fused-ring (bicyclic) bond motifs is 1. The van der Waals surface area contributed by atoms with Crippen molar-refractivity contribution in [2.45, 2.75) is 18.8 Å². The third-order valence-corrected chi connectivity index (χ3v) is 5.60. The van der Waals surface area contributed by atoms with Crippen molar-refractivity contribution in [1.29, 1.82) is 0 Å². The minimum absolute atomic E-state index is 0.0121. The van der Waals surface area contributed by atoms with Gasteiger partial charge in [0.15, 0.2) is 0 Å². The summed E-state index contributed by atoms with van der Waals surface area (Å²) in [6, 6.07) is 10.4. The van der Waals surface area contributed by atoms with Crippen LogP contribution in [-0.4, -0.2) is 62.3 Å². The zero-order valence-electron chi connectivity index (χ0n) is 16.6. The summed E-state index contributed by atoms with van der Waals surface area (Å²) in [6.45, 7) is 1.26. The molecule has 0 radical (unpaired) electrons. The fourth-order valence-electron chi connectivity index (χ4n) is 3.84. The Morgan fingerprint density at radius 2 is 1.81 bits per heavy atom. The smallest absolute Gasteiger partial charge is 0.261 e. The monoisotopic (exact) mass is 417 g/mol. The van der Waals surface area contributed by atoms with E-state index in [-0.39, 0.29) is 36.6 Å². The van der Waals surface area contributed by atoms with E-state index >= 15 is 0 Å². The molecule has 0 spiro atoms. The normalized spacial score (nSPS) is 15.9. The van der Waals surface area contributed by atoms with Crippen LogP contribution in [0.25, 0.3) is 11.4 Å². The molecule has 1 aromatic carbocycles. The van der Waals surface area contributed by atoms with E-state index in [2.05, 4.69) is 15.1 Å². The highest BCUT2D eigenvalue weighted by atomic mass is 16.5. The highest BCUT2D eigenvalue weighted by molar-refractivity contribution is 6.21. The number of carbonyl (C=O) groups is 3. The van der Waals surface area contributed by atoms with Crippen LogP contribution in [0.3, 0.4) is 0 Å². The molecule has 156 valence electrons. The Hall–Kier alpha value is -3.88. The van der Waals surface area contributed by atoms with Gasteiger partial charge in [0.2, 0.25) is 17.6 Å². The molecular formula is C22H19N5O4. The lowest BCUT2D eigenvalue weighted by molar-refractivity contribution is -0.136. The van der Waals surface area contributed by atoms with Crippen LogP contribution in [-0.2, 0) is 4.79 Å². The lowest BCUT2D eigenvalue weighted by Crippen LogP contribution is -2.48. The first kappa shape index (κ1) is 19.1. The van der Waals surface area contributed by atoms with Gasteiger partial charge in [-0.05, 0) is 30.7 Å². The average Bonchev–Trinajstić information content (AvgIpc) is 3.33. The molecule has 9 heteroatoms. The molecular weight excluding hydrogens is 398 g/mol. The van der Waals surface area contributed by atoms with Gasteiger partial charge in [-0.2, -0.15) is 4.98 Å². The molecule has 4 heterocycles. The second-order valence-corrected chi connectivity index (χ2v) is 7.60. The first-order valence-electron chi connectivity index (χ1n) is 10.1. The second-order valence-electron chi connectivity index (χ2n) is 7.60. The minimum atomic E-state index is -0.294. The Morgan fingerprint density at radius 1 is 1.06 bits per heavy atom. The Balaban J connectivity index is 1.10. The van der Waals surface area contributed by atoms with Crippen molar-refractivity contribution in [1.82, 2.24) is 24.9 Å². The van der Waals surface area contributed by atoms with Crippen LogP contribution in [0.1, 0.15) is 45.4 Å². The van der Waals surface area contributed by atoms with E-state index in [1.807, 2.05) is 6.07 Å². The van der Waals surface area contributed by atoms with Gasteiger partial charge in [0, 0.05) is 44.0 Å². The number of carbonyl (C=O) groups excluding carboxylic acids is 3. The van der Waals surface area contributed by atoms with Crippen LogP contribution in [0.4, 0.5) is 0 Å². The topological polar surface area (TPSA) is 110 Å². The number of hydrogen-bond acceptors (Lipinski definition) is 7. The number of imide groups is 1. The summed E-state index contributed by atoms with van der Waals surface area (Å²) in [6.07, 6.45) is 4.04. The van der Waals surface area contributed by atoms with Crippen molar-refractivity contribution in [2.75, 3.05) is 19.6 Å². The summed E-state index contributed by atoms with van der Waals surface area (Å²) < 4.78 is 5.35. The van der Waals surface area contributed by atoms with Crippen LogP contribution in [0.5, 0.6) is 0 Å². The molecule has 5 rings (SSSR count). The molecule has 0 unspecified atom stereocenters. The summed E-state index contributed by atoms with van der Waals surface area (Å²) in [4.78, 5) is 48.6. The molecule has 0 saturated carbocycles. The van der Waals surface area contributed by atoms with Crippen LogP contribution in [0, 0.1) is 0 Å². The molecule has 0 N–H and O–H groups in total. The lowest BCUT2D eigenvalue weighted by Gasteiger charge is -2.37. The van der Waals surface area contributed by atoms with Crippen molar-refractivity contribution >= 4 is 17.7 Å². The van der Waals surface area contributed by atoms with Gasteiger partial charge in [-0.3, -0.25) is 24.3 Å². The second kappa shape index (κ2) is 7.75. The van der Waals surface area contributed by atoms with Crippen molar-refractivity contribution in [2.24, 2.45) is 0 Å². The number of hydrogen-bond donors (Lipinski definition) is 0. The summed E-state index contributed by atoms with van der Waals surface area (Å²) in [5.74, 6) is 0.400. The molecule has 0 aliphatic carbocycles. The molecule has 2 aliphatic rings. The number of pyridine rings is 1. The average molecular weight is 417 g/mol. The van der Waals surface area contributed by atoms with Gasteiger partial charge in [-0.15, -0.1) is 0 Å². The van der Waals surface area contributed by atoms with Crippen molar-refractivity contribution in [3.05, 3.63) is 65.8 Å². The van der Waals surface area contributed by atoms with Gasteiger partial charge in [0.05, 0.1) is 17.0 Å². The van der Waals surface area contributed by atoms with Crippen LogP contribution in [0.2, 0.25) is 0 Å². The molecule has 3 aromatic rings. The first-order valence-corrected chi connectivity index (χ1v) is 10.1. The molecule has 3 amide bonds. The Morgan fingerprint density at radius 3 is 2.48 bits per heavy atom. The zero-order chi connectivity index (χ0) is 21.4. The van der Waals surface area contributed by atoms with Gasteiger partial charge >= 0.3 is 0 Å². The molecule has 1 fully saturated rings. The minimum Gasteiger partial charge on any atom is -0.341 e. The van der Waals surface area contributed by atoms with Crippen LogP contribution < -0.4 is 0 Å². The Bertz CT molecular complexity index is 1120. The zero-order valence-corrected chi connectivity index (χ0v) is 16.6. The lowest BCUT2D eigenvalue weighted by atomic mass is 9.99. The maximum absolute atomic E-state index is 12.4. The number of benzene rings is 1. The molecule has 31 heavy (non-hydrogen) atoms. The number of amides is 3. The van der Waals surface area contributed by atoms with Crippen molar-refractivity contribution < 1.29 is 18.9 Å². The fourth-order valence-corrected chi connectivity index (χ4v) is 3.84. The highest BCUT2D eigenvalue weighted by Gasteiger charge is 2.37. The van der Waals surface area contributed by atoms with E-state index in [0.717, 1.165) is 5.56 Å². The number of nitrogens with zero attached hydrogens (tertiary/aromatic N) is 5. The van der Waals surface area contributed by atoms with E-state index in [9.17, 15) is 14.4 Å². The van der Waals surface area contributed by atoms with Gasteiger partial charge < -0.3 is 9.42 Å². The molecule has 0 atom stereocenters. The van der Waals surface area contributed by atoms with E-state index < -0.39 is 0 Å². The molecule has 2 aliphatic heterocycles. The maximum atomic E-state index is 12.4. The summed E-state index contributed by atoms with van der Waals surface area (Å²) in [7, 11) is 0. The maximum Gasteiger partial charge on any atom is 0.261 e. The van der Waals surface area contributed by atoms with Crippen molar-refractivity contribution in [3.8, 4) is 11.4 Å². The quantitative estimate of drug-likeness (QED) is 0.565. The fraction of sp³-hybridized carbons (Fsp3) is 0.273. The van der Waals surface area contributed by atoms with Crippen LogP contribution in [0.15, 0.2) is 53.3 Å². The highest BCUT2D eigenvalue weighted by Crippen LogP contribution is 2.28. The number of rotatable bonds is 6. The SMILES string of the molecule is O=C(CCCN1C(=O)c2ccccc2C1=O)N1CC(c2nc(-c3cccnc3)no2)C1.